The third-order valence-electron chi connectivity index (χ3n) is 6.55. The Morgan fingerprint density at radius 2 is 1.09 bits per heavy atom. The van der Waals surface area contributed by atoms with Gasteiger partial charge in [0.1, 0.15) is 13.2 Å². The molecule has 0 heterocycles. The number of alkyl halides is 6. The van der Waals surface area contributed by atoms with Crippen LogP contribution in [0.25, 0.3) is 0 Å². The maximum Gasteiger partial charge on any atom is 0.417 e. The second-order valence-corrected chi connectivity index (χ2v) is 9.92. The third-order valence-corrected chi connectivity index (χ3v) is 6.55. The number of rotatable bonds is 10. The Balaban J connectivity index is 0.000000250. The molecule has 4 rings (SSSR count). The number of aliphatic hydroxyl groups excluding tert-OH is 1. The maximum atomic E-state index is 13.1. The summed E-state index contributed by atoms with van der Waals surface area (Å²) in [5, 5.41) is 9.64. The summed E-state index contributed by atoms with van der Waals surface area (Å²) in [6.45, 7) is 2.69. The molecule has 0 bridgehead atoms. The van der Waals surface area contributed by atoms with E-state index in [1.54, 1.807) is 0 Å². The quantitative estimate of drug-likeness (QED) is 0.137. The molecule has 4 aromatic rings. The van der Waals surface area contributed by atoms with Crippen LogP contribution in [0.1, 0.15) is 58.1 Å². The highest BCUT2D eigenvalue weighted by Gasteiger charge is 2.37. The zero-order valence-corrected chi connectivity index (χ0v) is 25.3. The number of ketones is 1. The lowest BCUT2D eigenvalue weighted by Gasteiger charge is -2.19. The van der Waals surface area contributed by atoms with Crippen LogP contribution in [0.5, 0.6) is 23.0 Å². The lowest BCUT2D eigenvalue weighted by Crippen LogP contribution is -2.13. The van der Waals surface area contributed by atoms with Gasteiger partial charge in [-0.2, -0.15) is 26.3 Å². The Labute approximate surface area is 262 Å². The summed E-state index contributed by atoms with van der Waals surface area (Å²) in [6, 6.07) is 22.2. The van der Waals surface area contributed by atoms with Gasteiger partial charge in [0.2, 0.25) is 0 Å². The largest absolute Gasteiger partial charge is 0.493 e. The van der Waals surface area contributed by atoms with E-state index < -0.39 is 40.9 Å². The average Bonchev–Trinajstić information content (AvgIpc) is 3.02. The number of hydrogen-bond donors (Lipinski definition) is 1. The van der Waals surface area contributed by atoms with Gasteiger partial charge in [-0.05, 0) is 54.8 Å². The molecule has 1 unspecified atom stereocenters. The monoisotopic (exact) mass is 650 g/mol. The Hall–Kier alpha value is -4.71. The molecule has 0 aliphatic carbocycles. The average molecular weight is 651 g/mol. The minimum atomic E-state index is -4.65. The number of aliphatic hydroxyl groups is 1. The molecule has 4 aromatic carbocycles. The van der Waals surface area contributed by atoms with Gasteiger partial charge in [-0.15, -0.1) is 0 Å². The standard InChI is InChI=1S/C17H17F3O3.C17H15F3O3/c2*1-11(21)13-8-16(23-10-12-6-4-3-5-7-12)15(22-2)9-14(13)17(18,19)20/h3-9,11,21H,10H2,1-2H3;3-9H,10H2,1-2H3. The van der Waals surface area contributed by atoms with Gasteiger partial charge in [-0.1, -0.05) is 60.7 Å². The van der Waals surface area contributed by atoms with E-state index in [-0.39, 0.29) is 41.8 Å². The molecule has 0 aliphatic rings. The van der Waals surface area contributed by atoms with Gasteiger partial charge in [-0.25, -0.2) is 0 Å². The van der Waals surface area contributed by atoms with Crippen LogP contribution in [0.15, 0.2) is 84.9 Å². The van der Waals surface area contributed by atoms with Gasteiger partial charge in [0.05, 0.1) is 31.5 Å². The molecule has 46 heavy (non-hydrogen) atoms. The first-order valence-electron chi connectivity index (χ1n) is 13.8. The van der Waals surface area contributed by atoms with Crippen molar-refractivity contribution in [3.8, 4) is 23.0 Å². The van der Waals surface area contributed by atoms with Gasteiger partial charge in [0.25, 0.3) is 0 Å². The summed E-state index contributed by atoms with van der Waals surface area (Å²) in [6.07, 6.45) is -10.5. The fourth-order valence-electron chi connectivity index (χ4n) is 4.27. The van der Waals surface area contributed by atoms with Crippen molar-refractivity contribution in [2.45, 2.75) is 45.5 Å². The Kier molecular flexibility index (Phi) is 12.1. The van der Waals surface area contributed by atoms with E-state index in [0.717, 1.165) is 36.2 Å². The number of halogens is 6. The fraction of sp³-hybridized carbons (Fsp3) is 0.265. The van der Waals surface area contributed by atoms with Crippen LogP contribution in [-0.4, -0.2) is 25.1 Å². The van der Waals surface area contributed by atoms with E-state index >= 15 is 0 Å². The Bertz CT molecular complexity index is 1590. The number of hydrogen-bond acceptors (Lipinski definition) is 6. The van der Waals surface area contributed by atoms with Crippen molar-refractivity contribution in [3.63, 3.8) is 0 Å². The topological polar surface area (TPSA) is 74.2 Å². The number of ether oxygens (including phenoxy) is 4. The fourth-order valence-corrected chi connectivity index (χ4v) is 4.27. The smallest absolute Gasteiger partial charge is 0.417 e. The molecule has 0 amide bonds. The molecule has 6 nitrogen and oxygen atoms in total. The molecule has 1 N–H and O–H groups in total. The van der Waals surface area contributed by atoms with E-state index in [0.29, 0.717) is 0 Å². The summed E-state index contributed by atoms with van der Waals surface area (Å²) < 4.78 is 99.5. The second-order valence-electron chi connectivity index (χ2n) is 9.92. The van der Waals surface area contributed by atoms with Gasteiger partial charge < -0.3 is 24.1 Å². The molecule has 0 saturated carbocycles. The zero-order valence-electron chi connectivity index (χ0n) is 25.3. The molecule has 0 aliphatic heterocycles. The zero-order chi connectivity index (χ0) is 34.1. The molecule has 0 fully saturated rings. The van der Waals surface area contributed by atoms with E-state index in [1.165, 1.54) is 27.2 Å². The van der Waals surface area contributed by atoms with Crippen LogP contribution in [0.2, 0.25) is 0 Å². The Morgan fingerprint density at radius 1 is 0.674 bits per heavy atom. The third kappa shape index (κ3) is 9.64. The van der Waals surface area contributed by atoms with Crippen LogP contribution in [0, 0.1) is 0 Å². The van der Waals surface area contributed by atoms with Crippen LogP contribution in [-0.2, 0) is 25.6 Å². The van der Waals surface area contributed by atoms with Crippen LogP contribution in [0.3, 0.4) is 0 Å². The van der Waals surface area contributed by atoms with Crippen molar-refractivity contribution in [3.05, 3.63) is 118 Å². The summed E-state index contributed by atoms with van der Waals surface area (Å²) in [5.41, 5.74) is -0.945. The normalized spacial score (nSPS) is 12.0. The molecule has 0 saturated heterocycles. The van der Waals surface area contributed by atoms with Gasteiger partial charge >= 0.3 is 12.4 Å². The number of carbonyl (C=O) groups excluding carboxylic acids is 1. The number of carbonyl (C=O) groups is 1. The molecule has 12 heteroatoms. The second kappa shape index (κ2) is 15.5. The highest BCUT2D eigenvalue weighted by Crippen LogP contribution is 2.42. The van der Waals surface area contributed by atoms with Crippen molar-refractivity contribution < 1.29 is 55.2 Å². The summed E-state index contributed by atoms with van der Waals surface area (Å²) in [5.74, 6) is -0.546. The summed E-state index contributed by atoms with van der Waals surface area (Å²) in [7, 11) is 2.52. The van der Waals surface area contributed by atoms with Crippen molar-refractivity contribution in [2.75, 3.05) is 14.2 Å². The number of Topliss-reactive ketones (excluding diaryl/α,β-unsaturated/α-hetero) is 1. The van der Waals surface area contributed by atoms with E-state index in [1.807, 2.05) is 60.7 Å². The molecule has 1 atom stereocenters. The van der Waals surface area contributed by atoms with Crippen molar-refractivity contribution in [1.82, 2.24) is 0 Å². The van der Waals surface area contributed by atoms with E-state index in [2.05, 4.69) is 0 Å². The molecular formula is C34H32F6O6. The summed E-state index contributed by atoms with van der Waals surface area (Å²) in [4.78, 5) is 11.5. The number of methoxy groups -OCH3 is 2. The molecule has 0 radical (unpaired) electrons. The Morgan fingerprint density at radius 3 is 1.46 bits per heavy atom. The van der Waals surface area contributed by atoms with Crippen LogP contribution < -0.4 is 18.9 Å². The highest BCUT2D eigenvalue weighted by molar-refractivity contribution is 5.96. The van der Waals surface area contributed by atoms with Gasteiger partial charge in [0.15, 0.2) is 28.8 Å². The molecule has 0 aromatic heterocycles. The van der Waals surface area contributed by atoms with Crippen molar-refractivity contribution in [1.29, 1.82) is 0 Å². The summed E-state index contributed by atoms with van der Waals surface area (Å²) >= 11 is 0. The van der Waals surface area contributed by atoms with E-state index in [9.17, 15) is 36.2 Å². The number of benzene rings is 4. The first kappa shape index (κ1) is 35.8. The van der Waals surface area contributed by atoms with Gasteiger partial charge in [-0.3, -0.25) is 4.79 Å². The molecule has 246 valence electrons. The van der Waals surface area contributed by atoms with Crippen molar-refractivity contribution >= 4 is 5.78 Å². The first-order chi connectivity index (χ1) is 21.6. The van der Waals surface area contributed by atoms with Crippen molar-refractivity contribution in [2.24, 2.45) is 0 Å². The van der Waals surface area contributed by atoms with Crippen LogP contribution >= 0.6 is 0 Å². The predicted molar refractivity (Wildman–Crippen MR) is 158 cm³/mol. The van der Waals surface area contributed by atoms with E-state index in [4.69, 9.17) is 18.9 Å². The minimum absolute atomic E-state index is 0.0299. The maximum absolute atomic E-state index is 13.1. The SMILES string of the molecule is COc1cc(C(F)(F)F)c(C(C)=O)cc1OCc1ccccc1.COc1cc(C(F)(F)F)c(C(C)O)cc1OCc1ccccc1. The lowest BCUT2D eigenvalue weighted by molar-refractivity contribution is -0.139. The molecular weight excluding hydrogens is 618 g/mol. The highest BCUT2D eigenvalue weighted by atomic mass is 19.4. The minimum Gasteiger partial charge on any atom is -0.493 e. The van der Waals surface area contributed by atoms with Gasteiger partial charge in [0, 0.05) is 5.56 Å². The van der Waals surface area contributed by atoms with Crippen LogP contribution in [0.4, 0.5) is 26.3 Å². The molecule has 0 spiro atoms. The lowest BCUT2D eigenvalue weighted by atomic mass is 10.0. The predicted octanol–water partition coefficient (Wildman–Crippen LogP) is 8.84. The first-order valence-corrected chi connectivity index (χ1v) is 13.8.